The lowest BCUT2D eigenvalue weighted by atomic mass is 10.2. The molecular weight excluding hydrogens is 248 g/mol. The van der Waals surface area contributed by atoms with E-state index < -0.39 is 5.97 Å². The van der Waals surface area contributed by atoms with Crippen molar-refractivity contribution in [3.63, 3.8) is 0 Å². The van der Waals surface area contributed by atoms with E-state index >= 15 is 0 Å². The molecule has 4 N–H and O–H groups in total. The van der Waals surface area contributed by atoms with Crippen LogP contribution in [0.3, 0.4) is 0 Å². The molecule has 76 valence electrons. The monoisotopic (exact) mass is 258 g/mol. The Bertz CT molecular complexity index is 343. The van der Waals surface area contributed by atoms with Gasteiger partial charge in [-0.15, -0.1) is 0 Å². The Morgan fingerprint density at radius 1 is 1.50 bits per heavy atom. The van der Waals surface area contributed by atoms with Crippen LogP contribution in [0.4, 0.5) is 11.4 Å². The Morgan fingerprint density at radius 3 is 2.64 bits per heavy atom. The molecule has 0 unspecified atom stereocenters. The van der Waals surface area contributed by atoms with E-state index in [0.29, 0.717) is 28.0 Å². The van der Waals surface area contributed by atoms with Crippen LogP contribution in [-0.4, -0.2) is 12.6 Å². The van der Waals surface area contributed by atoms with Crippen LogP contribution in [0.5, 0.6) is 0 Å². The summed E-state index contributed by atoms with van der Waals surface area (Å²) < 4.78 is 5.42. The van der Waals surface area contributed by atoms with E-state index in [1.54, 1.807) is 13.0 Å². The number of nitrogens with two attached hydrogens (primary N) is 2. The van der Waals surface area contributed by atoms with Crippen LogP contribution < -0.4 is 11.5 Å². The lowest BCUT2D eigenvalue weighted by molar-refractivity contribution is 0.0526. The molecule has 0 aliphatic rings. The van der Waals surface area contributed by atoms with Crippen LogP contribution in [0, 0.1) is 0 Å². The first kappa shape index (κ1) is 10.8. The van der Waals surface area contributed by atoms with E-state index in [1.807, 2.05) is 0 Å². The molecule has 0 atom stereocenters. The Balaban J connectivity index is 3.06. The number of carbonyl (C=O) groups excluding carboxylic acids is 1. The Labute approximate surface area is 90.3 Å². The highest BCUT2D eigenvalue weighted by Crippen LogP contribution is 2.27. The molecule has 0 saturated carbocycles. The Hall–Kier alpha value is -1.23. The lowest BCUT2D eigenvalue weighted by Crippen LogP contribution is -2.06. The van der Waals surface area contributed by atoms with Gasteiger partial charge in [0.2, 0.25) is 0 Å². The van der Waals surface area contributed by atoms with Crippen molar-refractivity contribution in [3.8, 4) is 0 Å². The van der Waals surface area contributed by atoms with E-state index in [9.17, 15) is 4.79 Å². The molecule has 5 heteroatoms. The second-order valence-electron chi connectivity index (χ2n) is 2.68. The maximum absolute atomic E-state index is 11.3. The van der Waals surface area contributed by atoms with Crippen molar-refractivity contribution in [1.29, 1.82) is 0 Å². The molecule has 14 heavy (non-hydrogen) atoms. The number of benzene rings is 1. The van der Waals surface area contributed by atoms with Gasteiger partial charge >= 0.3 is 5.97 Å². The normalized spacial score (nSPS) is 9.86. The lowest BCUT2D eigenvalue weighted by Gasteiger charge is -2.06. The summed E-state index contributed by atoms with van der Waals surface area (Å²) in [4.78, 5) is 11.3. The standard InChI is InChI=1S/C9H11BrN2O2/c1-2-14-9(13)5-3-6(10)8(12)7(11)4-5/h3-4H,2,11-12H2,1H3. The molecular formula is C9H11BrN2O2. The van der Waals surface area contributed by atoms with Crippen LogP contribution in [0.1, 0.15) is 17.3 Å². The van der Waals surface area contributed by atoms with Crippen molar-refractivity contribution in [3.05, 3.63) is 22.2 Å². The van der Waals surface area contributed by atoms with Crippen molar-refractivity contribution in [2.24, 2.45) is 0 Å². The van der Waals surface area contributed by atoms with Gasteiger partial charge in [-0.2, -0.15) is 0 Å². The number of rotatable bonds is 2. The molecule has 0 aromatic heterocycles. The maximum Gasteiger partial charge on any atom is 0.338 e. The summed E-state index contributed by atoms with van der Waals surface area (Å²) >= 11 is 3.20. The average Bonchev–Trinajstić information content (AvgIpc) is 2.13. The van der Waals surface area contributed by atoms with Crippen LogP contribution in [-0.2, 0) is 4.74 Å². The first-order valence-electron chi connectivity index (χ1n) is 4.08. The van der Waals surface area contributed by atoms with Gasteiger partial charge in [-0.25, -0.2) is 4.79 Å². The highest BCUT2D eigenvalue weighted by molar-refractivity contribution is 9.10. The SMILES string of the molecule is CCOC(=O)c1cc(N)c(N)c(Br)c1. The molecule has 4 nitrogen and oxygen atoms in total. The number of anilines is 2. The molecule has 1 aromatic rings. The summed E-state index contributed by atoms with van der Waals surface area (Å²) in [5.41, 5.74) is 12.4. The van der Waals surface area contributed by atoms with E-state index in [0.717, 1.165) is 0 Å². The molecule has 1 aromatic carbocycles. The van der Waals surface area contributed by atoms with Crippen LogP contribution >= 0.6 is 15.9 Å². The molecule has 0 spiro atoms. The summed E-state index contributed by atoms with van der Waals surface area (Å²) in [6, 6.07) is 3.09. The predicted molar refractivity (Wildman–Crippen MR) is 58.9 cm³/mol. The number of esters is 1. The molecule has 1 rings (SSSR count). The number of nitrogen functional groups attached to an aromatic ring is 2. The van der Waals surface area contributed by atoms with Gasteiger partial charge < -0.3 is 16.2 Å². The average molecular weight is 259 g/mol. The molecule has 0 amide bonds. The minimum Gasteiger partial charge on any atom is -0.462 e. The first-order chi connectivity index (χ1) is 6.56. The van der Waals surface area contributed by atoms with Gasteiger partial charge in [0.1, 0.15) is 0 Å². The zero-order valence-corrected chi connectivity index (χ0v) is 9.30. The van der Waals surface area contributed by atoms with E-state index in [-0.39, 0.29) is 0 Å². The van der Waals surface area contributed by atoms with Crippen molar-refractivity contribution < 1.29 is 9.53 Å². The molecule has 0 fully saturated rings. The summed E-state index contributed by atoms with van der Waals surface area (Å²) in [7, 11) is 0. The number of carbonyl (C=O) groups is 1. The smallest absolute Gasteiger partial charge is 0.338 e. The highest BCUT2D eigenvalue weighted by atomic mass is 79.9. The maximum atomic E-state index is 11.3. The Kier molecular flexibility index (Phi) is 3.35. The summed E-state index contributed by atoms with van der Waals surface area (Å²) in [6.07, 6.45) is 0. The Morgan fingerprint density at radius 2 is 2.14 bits per heavy atom. The number of hydrogen-bond donors (Lipinski definition) is 2. The second-order valence-corrected chi connectivity index (χ2v) is 3.54. The number of ether oxygens (including phenoxy) is 1. The molecule has 0 radical (unpaired) electrons. The fourth-order valence-electron chi connectivity index (χ4n) is 0.971. The molecule has 0 heterocycles. The topological polar surface area (TPSA) is 78.3 Å². The van der Waals surface area contributed by atoms with Gasteiger partial charge in [0, 0.05) is 4.47 Å². The van der Waals surface area contributed by atoms with Gasteiger partial charge in [0.05, 0.1) is 23.5 Å². The van der Waals surface area contributed by atoms with E-state index in [2.05, 4.69) is 15.9 Å². The molecule has 0 aliphatic carbocycles. The second kappa shape index (κ2) is 4.32. The minimum atomic E-state index is -0.403. The van der Waals surface area contributed by atoms with Gasteiger partial charge in [0.15, 0.2) is 0 Å². The van der Waals surface area contributed by atoms with Crippen molar-refractivity contribution in [2.45, 2.75) is 6.92 Å². The zero-order chi connectivity index (χ0) is 10.7. The summed E-state index contributed by atoms with van der Waals surface area (Å²) in [5, 5.41) is 0. The van der Waals surface area contributed by atoms with E-state index in [4.69, 9.17) is 16.2 Å². The van der Waals surface area contributed by atoms with Gasteiger partial charge in [-0.3, -0.25) is 0 Å². The third-order valence-electron chi connectivity index (χ3n) is 1.67. The van der Waals surface area contributed by atoms with Gasteiger partial charge in [0.25, 0.3) is 0 Å². The zero-order valence-electron chi connectivity index (χ0n) is 7.71. The summed E-state index contributed by atoms with van der Waals surface area (Å²) in [6.45, 7) is 2.08. The predicted octanol–water partition coefficient (Wildman–Crippen LogP) is 1.79. The van der Waals surface area contributed by atoms with Crippen molar-refractivity contribution in [1.82, 2.24) is 0 Å². The highest BCUT2D eigenvalue weighted by Gasteiger charge is 2.10. The van der Waals surface area contributed by atoms with E-state index in [1.165, 1.54) is 6.07 Å². The summed E-state index contributed by atoms with van der Waals surface area (Å²) in [5.74, 6) is -0.403. The number of halogens is 1. The third kappa shape index (κ3) is 2.17. The van der Waals surface area contributed by atoms with Crippen LogP contribution in [0.15, 0.2) is 16.6 Å². The first-order valence-corrected chi connectivity index (χ1v) is 4.87. The quantitative estimate of drug-likeness (QED) is 0.627. The third-order valence-corrected chi connectivity index (χ3v) is 2.33. The number of hydrogen-bond acceptors (Lipinski definition) is 4. The van der Waals surface area contributed by atoms with Gasteiger partial charge in [-0.1, -0.05) is 0 Å². The fourth-order valence-corrected chi connectivity index (χ4v) is 1.45. The van der Waals surface area contributed by atoms with Crippen molar-refractivity contribution >= 4 is 33.3 Å². The largest absolute Gasteiger partial charge is 0.462 e. The van der Waals surface area contributed by atoms with Crippen LogP contribution in [0.2, 0.25) is 0 Å². The minimum absolute atomic E-state index is 0.334. The molecule has 0 bridgehead atoms. The van der Waals surface area contributed by atoms with Gasteiger partial charge in [-0.05, 0) is 35.0 Å². The molecule has 0 aliphatic heterocycles. The van der Waals surface area contributed by atoms with Crippen LogP contribution in [0.25, 0.3) is 0 Å². The fraction of sp³-hybridized carbons (Fsp3) is 0.222. The van der Waals surface area contributed by atoms with Crippen molar-refractivity contribution in [2.75, 3.05) is 18.1 Å². The molecule has 0 saturated heterocycles.